The Morgan fingerprint density at radius 2 is 1.86 bits per heavy atom. The number of aromatic nitrogens is 4. The van der Waals surface area contributed by atoms with E-state index in [1.165, 1.54) is 6.20 Å². The molecule has 0 saturated carbocycles. The van der Waals surface area contributed by atoms with E-state index in [9.17, 15) is 14.4 Å². The number of H-pyrrole nitrogens is 2. The molecule has 4 rings (SSSR count). The van der Waals surface area contributed by atoms with Crippen molar-refractivity contribution in [2.75, 3.05) is 39.8 Å². The van der Waals surface area contributed by atoms with E-state index in [2.05, 4.69) is 27.0 Å². The molecule has 0 bridgehead atoms. The SMILES string of the molecule is CN1CCN(C(=O)CCc2cc3n(n2)CCN(C(=O)c2c[nH]c(=O)[nH]2)C3)CC1. The van der Waals surface area contributed by atoms with Crippen LogP contribution in [0.4, 0.5) is 0 Å². The van der Waals surface area contributed by atoms with Crippen LogP contribution < -0.4 is 5.69 Å². The van der Waals surface area contributed by atoms with Gasteiger partial charge in [-0.2, -0.15) is 5.10 Å². The lowest BCUT2D eigenvalue weighted by Crippen LogP contribution is -2.47. The van der Waals surface area contributed by atoms with Crippen LogP contribution in [0.3, 0.4) is 0 Å². The number of likely N-dealkylation sites (N-methyl/N-ethyl adjacent to an activating group) is 1. The molecule has 2 aromatic heterocycles. The van der Waals surface area contributed by atoms with Crippen LogP contribution in [0.15, 0.2) is 17.1 Å². The highest BCUT2D eigenvalue weighted by molar-refractivity contribution is 5.92. The minimum atomic E-state index is -0.391. The summed E-state index contributed by atoms with van der Waals surface area (Å²) < 4.78 is 1.90. The molecule has 2 aliphatic heterocycles. The monoisotopic (exact) mass is 387 g/mol. The lowest BCUT2D eigenvalue weighted by molar-refractivity contribution is -0.132. The first-order valence-electron chi connectivity index (χ1n) is 9.58. The number of piperazine rings is 1. The summed E-state index contributed by atoms with van der Waals surface area (Å²) in [5.41, 5.74) is 1.69. The molecule has 0 aromatic carbocycles. The number of nitrogens with zero attached hydrogens (tertiary/aromatic N) is 5. The van der Waals surface area contributed by atoms with Gasteiger partial charge in [-0.05, 0) is 13.1 Å². The first kappa shape index (κ1) is 18.5. The van der Waals surface area contributed by atoms with Crippen LogP contribution in [0.25, 0.3) is 0 Å². The van der Waals surface area contributed by atoms with Crippen LogP contribution in [0.5, 0.6) is 0 Å². The van der Waals surface area contributed by atoms with Crippen molar-refractivity contribution in [2.24, 2.45) is 0 Å². The largest absolute Gasteiger partial charge is 0.340 e. The standard InChI is InChI=1S/C18H25N7O3/c1-22-4-6-23(7-5-22)16(26)3-2-13-10-14-12-24(8-9-25(14)21-13)17(27)15-11-19-18(28)20-15/h10-11H,2-9,12H2,1H3,(H2,19,20,28). The summed E-state index contributed by atoms with van der Waals surface area (Å²) in [5, 5.41) is 4.59. The van der Waals surface area contributed by atoms with Crippen LogP contribution >= 0.6 is 0 Å². The summed E-state index contributed by atoms with van der Waals surface area (Å²) in [6.07, 6.45) is 2.45. The van der Waals surface area contributed by atoms with Gasteiger partial charge >= 0.3 is 5.69 Å². The molecule has 2 aliphatic rings. The maximum absolute atomic E-state index is 12.5. The van der Waals surface area contributed by atoms with Gasteiger partial charge in [0.15, 0.2) is 0 Å². The zero-order valence-corrected chi connectivity index (χ0v) is 16.0. The van der Waals surface area contributed by atoms with Crippen molar-refractivity contribution in [1.82, 2.24) is 34.4 Å². The van der Waals surface area contributed by atoms with E-state index < -0.39 is 5.69 Å². The number of aryl methyl sites for hydroxylation is 1. The van der Waals surface area contributed by atoms with E-state index in [0.717, 1.165) is 37.6 Å². The van der Waals surface area contributed by atoms with Gasteiger partial charge < -0.3 is 24.7 Å². The van der Waals surface area contributed by atoms with Gasteiger partial charge in [-0.25, -0.2) is 4.79 Å². The zero-order chi connectivity index (χ0) is 19.7. The Bertz CT molecular complexity index is 920. The molecule has 1 saturated heterocycles. The lowest BCUT2D eigenvalue weighted by Gasteiger charge is -2.32. The fourth-order valence-corrected chi connectivity index (χ4v) is 3.69. The van der Waals surface area contributed by atoms with E-state index in [1.807, 2.05) is 15.6 Å². The van der Waals surface area contributed by atoms with E-state index >= 15 is 0 Å². The highest BCUT2D eigenvalue weighted by Gasteiger charge is 2.25. The van der Waals surface area contributed by atoms with Gasteiger partial charge in [0, 0.05) is 51.8 Å². The Morgan fingerprint density at radius 1 is 1.11 bits per heavy atom. The maximum atomic E-state index is 12.5. The highest BCUT2D eigenvalue weighted by atomic mass is 16.2. The third kappa shape index (κ3) is 3.86. The normalized spacial score (nSPS) is 17.6. The molecule has 0 aliphatic carbocycles. The molecule has 1 fully saturated rings. The van der Waals surface area contributed by atoms with Crippen molar-refractivity contribution in [1.29, 1.82) is 0 Å². The van der Waals surface area contributed by atoms with Gasteiger partial charge in [0.2, 0.25) is 5.91 Å². The second-order valence-corrected chi connectivity index (χ2v) is 7.42. The lowest BCUT2D eigenvalue weighted by atomic mass is 10.2. The topological polar surface area (TPSA) is 110 Å². The molecule has 0 unspecified atom stereocenters. The Kier molecular flexibility index (Phi) is 5.03. The van der Waals surface area contributed by atoms with Crippen LogP contribution in [-0.4, -0.2) is 86.0 Å². The molecule has 0 atom stereocenters. The number of nitrogens with one attached hydrogen (secondary N) is 2. The number of rotatable bonds is 4. The van der Waals surface area contributed by atoms with Crippen molar-refractivity contribution in [3.63, 3.8) is 0 Å². The van der Waals surface area contributed by atoms with E-state index in [1.54, 1.807) is 4.90 Å². The van der Waals surface area contributed by atoms with Gasteiger partial charge in [0.05, 0.1) is 24.5 Å². The number of aromatic amines is 2. The molecular formula is C18H25N7O3. The number of imidazole rings is 1. The van der Waals surface area contributed by atoms with Gasteiger partial charge in [-0.3, -0.25) is 14.3 Å². The highest BCUT2D eigenvalue weighted by Crippen LogP contribution is 2.17. The maximum Gasteiger partial charge on any atom is 0.323 e. The molecule has 10 heteroatoms. The van der Waals surface area contributed by atoms with Gasteiger partial charge in [0.1, 0.15) is 5.69 Å². The molecule has 4 heterocycles. The van der Waals surface area contributed by atoms with Gasteiger partial charge in [-0.1, -0.05) is 0 Å². The average Bonchev–Trinajstić information content (AvgIpc) is 3.31. The second-order valence-electron chi connectivity index (χ2n) is 7.42. The number of fused-ring (bicyclic) bond motifs is 1. The molecule has 2 aromatic rings. The van der Waals surface area contributed by atoms with Crippen molar-refractivity contribution in [3.05, 3.63) is 39.8 Å². The van der Waals surface area contributed by atoms with E-state index in [0.29, 0.717) is 32.5 Å². The molecule has 2 N–H and O–H groups in total. The third-order valence-corrected chi connectivity index (χ3v) is 5.41. The molecular weight excluding hydrogens is 362 g/mol. The van der Waals surface area contributed by atoms with Gasteiger partial charge in [-0.15, -0.1) is 0 Å². The summed E-state index contributed by atoms with van der Waals surface area (Å²) in [6.45, 7) is 4.97. The fraction of sp³-hybridized carbons (Fsp3) is 0.556. The summed E-state index contributed by atoms with van der Waals surface area (Å²) in [7, 11) is 2.07. The Labute approximate surface area is 162 Å². The summed E-state index contributed by atoms with van der Waals surface area (Å²) >= 11 is 0. The van der Waals surface area contributed by atoms with Crippen molar-refractivity contribution in [3.8, 4) is 0 Å². The molecule has 2 amide bonds. The van der Waals surface area contributed by atoms with E-state index in [4.69, 9.17) is 0 Å². The minimum Gasteiger partial charge on any atom is -0.340 e. The molecule has 10 nitrogen and oxygen atoms in total. The van der Waals surface area contributed by atoms with Crippen molar-refractivity contribution in [2.45, 2.75) is 25.9 Å². The summed E-state index contributed by atoms with van der Waals surface area (Å²) in [5.74, 6) is -0.0371. The predicted molar refractivity (Wildman–Crippen MR) is 101 cm³/mol. The van der Waals surface area contributed by atoms with E-state index in [-0.39, 0.29) is 17.5 Å². The average molecular weight is 387 g/mol. The van der Waals surface area contributed by atoms with Crippen LogP contribution in [0, 0.1) is 0 Å². The number of hydrogen-bond acceptors (Lipinski definition) is 5. The molecule has 28 heavy (non-hydrogen) atoms. The minimum absolute atomic E-state index is 0.173. The number of hydrogen-bond donors (Lipinski definition) is 2. The third-order valence-electron chi connectivity index (χ3n) is 5.41. The number of carbonyl (C=O) groups is 2. The quantitative estimate of drug-likeness (QED) is 0.718. The molecule has 0 spiro atoms. The number of carbonyl (C=O) groups excluding carboxylic acids is 2. The van der Waals surface area contributed by atoms with Crippen LogP contribution in [0.2, 0.25) is 0 Å². The van der Waals surface area contributed by atoms with Crippen LogP contribution in [0.1, 0.15) is 28.3 Å². The molecule has 0 radical (unpaired) electrons. The Balaban J connectivity index is 1.34. The first-order chi connectivity index (χ1) is 13.5. The Morgan fingerprint density at radius 3 is 2.57 bits per heavy atom. The van der Waals surface area contributed by atoms with Crippen molar-refractivity contribution < 1.29 is 9.59 Å². The molecule has 150 valence electrons. The Hall–Kier alpha value is -2.88. The first-order valence-corrected chi connectivity index (χ1v) is 9.58. The second kappa shape index (κ2) is 7.63. The summed E-state index contributed by atoms with van der Waals surface area (Å²) in [6, 6.07) is 1.97. The fourth-order valence-electron chi connectivity index (χ4n) is 3.69. The smallest absolute Gasteiger partial charge is 0.323 e. The zero-order valence-electron chi connectivity index (χ0n) is 16.0. The van der Waals surface area contributed by atoms with Gasteiger partial charge in [0.25, 0.3) is 5.91 Å². The summed E-state index contributed by atoms with van der Waals surface area (Å²) in [4.78, 5) is 46.9. The van der Waals surface area contributed by atoms with Crippen LogP contribution in [-0.2, 0) is 24.3 Å². The predicted octanol–water partition coefficient (Wildman–Crippen LogP) is -0.738. The number of amides is 2. The van der Waals surface area contributed by atoms with Crippen molar-refractivity contribution >= 4 is 11.8 Å².